The summed E-state index contributed by atoms with van der Waals surface area (Å²) in [6.07, 6.45) is 0. The van der Waals surface area contributed by atoms with Crippen LogP contribution in [0.15, 0.2) is 30.3 Å². The summed E-state index contributed by atoms with van der Waals surface area (Å²) in [7, 11) is 0. The monoisotopic (exact) mass is 210 g/mol. The molecule has 0 bridgehead atoms. The van der Waals surface area contributed by atoms with E-state index >= 15 is 0 Å². The molecule has 1 heterocycles. The molecule has 0 radical (unpaired) electrons. The second-order valence-electron chi connectivity index (χ2n) is 3.55. The van der Waals surface area contributed by atoms with Crippen LogP contribution in [0.3, 0.4) is 0 Å². The third-order valence-electron chi connectivity index (χ3n) is 2.32. The maximum atomic E-state index is 2.33. The molecule has 1 aromatic carbocycles. The van der Waals surface area contributed by atoms with E-state index in [0.29, 0.717) is 4.08 Å². The highest BCUT2D eigenvalue weighted by molar-refractivity contribution is 8.20. The summed E-state index contributed by atoms with van der Waals surface area (Å²) in [5.41, 5.74) is 1.45. The lowest BCUT2D eigenvalue weighted by molar-refractivity contribution is 1.02. The smallest absolute Gasteiger partial charge is 0.0835 e. The molecule has 0 spiro atoms. The predicted octanol–water partition coefficient (Wildman–Crippen LogP) is 3.73. The fourth-order valence-corrected chi connectivity index (χ4v) is 4.96. The van der Waals surface area contributed by atoms with Gasteiger partial charge in [0.15, 0.2) is 0 Å². The van der Waals surface area contributed by atoms with Crippen LogP contribution in [0.1, 0.15) is 19.4 Å². The van der Waals surface area contributed by atoms with Gasteiger partial charge in [0.25, 0.3) is 0 Å². The van der Waals surface area contributed by atoms with Crippen molar-refractivity contribution in [2.24, 2.45) is 0 Å². The fourth-order valence-electron chi connectivity index (χ4n) is 1.62. The average molecular weight is 210 g/mol. The van der Waals surface area contributed by atoms with Crippen molar-refractivity contribution in [3.8, 4) is 0 Å². The summed E-state index contributed by atoms with van der Waals surface area (Å²) in [6, 6.07) is 10.8. The van der Waals surface area contributed by atoms with Crippen LogP contribution in [-0.2, 0) is 4.08 Å². The molecule has 2 heteroatoms. The standard InChI is InChI=1S/C11H14S2/c1-9-8-12-11(2,13-9)10-6-4-3-5-7-10/h3-7,9H,8H2,1-2H3. The second kappa shape index (κ2) is 3.58. The number of rotatable bonds is 1. The van der Waals surface area contributed by atoms with Crippen molar-refractivity contribution in [2.45, 2.75) is 23.2 Å². The van der Waals surface area contributed by atoms with Crippen molar-refractivity contribution in [1.29, 1.82) is 0 Å². The van der Waals surface area contributed by atoms with Gasteiger partial charge in [-0.15, -0.1) is 23.5 Å². The molecule has 0 aliphatic carbocycles. The molecule has 2 rings (SSSR count). The highest BCUT2D eigenvalue weighted by Gasteiger charge is 2.35. The number of hydrogen-bond donors (Lipinski definition) is 0. The molecule has 1 fully saturated rings. The van der Waals surface area contributed by atoms with Crippen molar-refractivity contribution in [1.82, 2.24) is 0 Å². The zero-order chi connectivity index (χ0) is 9.31. The van der Waals surface area contributed by atoms with Crippen LogP contribution in [0.2, 0.25) is 0 Å². The van der Waals surface area contributed by atoms with Gasteiger partial charge in [-0.1, -0.05) is 37.3 Å². The molecule has 0 amide bonds. The molecule has 1 aromatic rings. The van der Waals surface area contributed by atoms with E-state index in [1.807, 2.05) is 0 Å². The Bertz CT molecular complexity index is 283. The van der Waals surface area contributed by atoms with Gasteiger partial charge in [-0.05, 0) is 12.5 Å². The van der Waals surface area contributed by atoms with Crippen LogP contribution in [-0.4, -0.2) is 11.0 Å². The Hall–Kier alpha value is -0.0800. The molecule has 1 aliphatic rings. The van der Waals surface area contributed by atoms with E-state index in [1.54, 1.807) is 0 Å². The summed E-state index contributed by atoms with van der Waals surface area (Å²) < 4.78 is 0.292. The van der Waals surface area contributed by atoms with Crippen molar-refractivity contribution < 1.29 is 0 Å². The van der Waals surface area contributed by atoms with Gasteiger partial charge in [-0.3, -0.25) is 0 Å². The molecular formula is C11H14S2. The molecule has 0 aromatic heterocycles. The Labute approximate surface area is 88.5 Å². The second-order valence-corrected chi connectivity index (χ2v) is 7.11. The first-order chi connectivity index (χ1) is 6.21. The van der Waals surface area contributed by atoms with E-state index in [9.17, 15) is 0 Å². The van der Waals surface area contributed by atoms with E-state index in [0.717, 1.165) is 5.25 Å². The summed E-state index contributed by atoms with van der Waals surface area (Å²) in [5.74, 6) is 1.27. The molecule has 0 N–H and O–H groups in total. The lowest BCUT2D eigenvalue weighted by Gasteiger charge is -2.22. The molecule has 1 aliphatic heterocycles. The maximum absolute atomic E-state index is 2.33. The van der Waals surface area contributed by atoms with Crippen molar-refractivity contribution in [3.05, 3.63) is 35.9 Å². The molecule has 2 atom stereocenters. The highest BCUT2D eigenvalue weighted by Crippen LogP contribution is 2.54. The van der Waals surface area contributed by atoms with Crippen LogP contribution in [0, 0.1) is 0 Å². The number of benzene rings is 1. The van der Waals surface area contributed by atoms with Crippen molar-refractivity contribution in [2.75, 3.05) is 5.75 Å². The highest BCUT2D eigenvalue weighted by atomic mass is 32.2. The van der Waals surface area contributed by atoms with Gasteiger partial charge in [0, 0.05) is 11.0 Å². The van der Waals surface area contributed by atoms with E-state index in [4.69, 9.17) is 0 Å². The largest absolute Gasteiger partial charge is 0.139 e. The normalized spacial score (nSPS) is 33.5. The van der Waals surface area contributed by atoms with Crippen LogP contribution < -0.4 is 0 Å². The predicted molar refractivity (Wildman–Crippen MR) is 63.3 cm³/mol. The maximum Gasteiger partial charge on any atom is 0.0835 e. The van der Waals surface area contributed by atoms with Gasteiger partial charge >= 0.3 is 0 Å². The Morgan fingerprint density at radius 1 is 1.31 bits per heavy atom. The van der Waals surface area contributed by atoms with Gasteiger partial charge < -0.3 is 0 Å². The quantitative estimate of drug-likeness (QED) is 0.693. The summed E-state index contributed by atoms with van der Waals surface area (Å²) in [4.78, 5) is 0. The van der Waals surface area contributed by atoms with Gasteiger partial charge in [0.05, 0.1) is 4.08 Å². The lowest BCUT2D eigenvalue weighted by Crippen LogP contribution is -2.08. The number of thioether (sulfide) groups is 2. The third-order valence-corrected chi connectivity index (χ3v) is 5.88. The molecule has 70 valence electrons. The Balaban J connectivity index is 2.26. The Morgan fingerprint density at radius 2 is 2.00 bits per heavy atom. The molecular weight excluding hydrogens is 196 g/mol. The minimum absolute atomic E-state index is 0.292. The summed E-state index contributed by atoms with van der Waals surface area (Å²) in [5, 5.41) is 0.787. The first-order valence-corrected chi connectivity index (χ1v) is 6.44. The Kier molecular flexibility index (Phi) is 2.61. The minimum atomic E-state index is 0.292. The van der Waals surface area contributed by atoms with E-state index in [-0.39, 0.29) is 0 Å². The summed E-state index contributed by atoms with van der Waals surface area (Å²) >= 11 is 4.15. The average Bonchev–Trinajstić information content (AvgIpc) is 2.49. The number of hydrogen-bond acceptors (Lipinski definition) is 2. The van der Waals surface area contributed by atoms with Crippen molar-refractivity contribution in [3.63, 3.8) is 0 Å². The minimum Gasteiger partial charge on any atom is -0.139 e. The van der Waals surface area contributed by atoms with Crippen LogP contribution in [0.25, 0.3) is 0 Å². The Morgan fingerprint density at radius 3 is 2.54 bits per heavy atom. The topological polar surface area (TPSA) is 0 Å². The van der Waals surface area contributed by atoms with Crippen LogP contribution in [0.4, 0.5) is 0 Å². The summed E-state index contributed by atoms with van der Waals surface area (Å²) in [6.45, 7) is 4.65. The van der Waals surface area contributed by atoms with Gasteiger partial charge in [-0.2, -0.15) is 0 Å². The lowest BCUT2D eigenvalue weighted by atomic mass is 10.2. The SMILES string of the molecule is CC1CSC(C)(c2ccccc2)S1. The van der Waals surface area contributed by atoms with E-state index < -0.39 is 0 Å². The fraction of sp³-hybridized carbons (Fsp3) is 0.455. The van der Waals surface area contributed by atoms with E-state index in [2.05, 4.69) is 67.7 Å². The first-order valence-electron chi connectivity index (χ1n) is 4.58. The molecule has 2 unspecified atom stereocenters. The van der Waals surface area contributed by atoms with E-state index in [1.165, 1.54) is 11.3 Å². The molecule has 1 saturated heterocycles. The van der Waals surface area contributed by atoms with Crippen LogP contribution in [0.5, 0.6) is 0 Å². The van der Waals surface area contributed by atoms with Crippen molar-refractivity contribution >= 4 is 23.5 Å². The zero-order valence-corrected chi connectivity index (χ0v) is 9.62. The first kappa shape index (κ1) is 9.47. The van der Waals surface area contributed by atoms with Crippen LogP contribution >= 0.6 is 23.5 Å². The van der Waals surface area contributed by atoms with Gasteiger partial charge in [-0.25, -0.2) is 0 Å². The zero-order valence-electron chi connectivity index (χ0n) is 7.99. The molecule has 0 saturated carbocycles. The van der Waals surface area contributed by atoms with Gasteiger partial charge in [0.1, 0.15) is 0 Å². The van der Waals surface area contributed by atoms with Gasteiger partial charge in [0.2, 0.25) is 0 Å². The molecule has 13 heavy (non-hydrogen) atoms. The molecule has 0 nitrogen and oxygen atoms in total. The third kappa shape index (κ3) is 1.89.